The van der Waals surface area contributed by atoms with E-state index in [0.29, 0.717) is 63.3 Å². The van der Waals surface area contributed by atoms with Gasteiger partial charge in [0, 0.05) is 48.6 Å². The normalized spacial score (nSPS) is 28.0. The van der Waals surface area contributed by atoms with E-state index in [2.05, 4.69) is 37.0 Å². The van der Waals surface area contributed by atoms with Gasteiger partial charge in [0.05, 0.1) is 22.8 Å². The lowest BCUT2D eigenvalue weighted by Crippen LogP contribution is -2.57. The molecule has 1 saturated carbocycles. The fourth-order valence-corrected chi connectivity index (χ4v) is 8.74. The van der Waals surface area contributed by atoms with Crippen LogP contribution in [0.3, 0.4) is 0 Å². The molecule has 3 aliphatic carbocycles. The molecule has 2 aromatic heterocycles. The number of benzene rings is 1. The maximum Gasteiger partial charge on any atom is 0.289 e. The fourth-order valence-electron chi connectivity index (χ4n) is 7.92. The van der Waals surface area contributed by atoms with Crippen molar-refractivity contribution in [3.63, 3.8) is 0 Å². The minimum atomic E-state index is -0.960. The van der Waals surface area contributed by atoms with Crippen LogP contribution < -0.4 is 0 Å². The zero-order valence-corrected chi connectivity index (χ0v) is 27.6. The molecule has 1 aliphatic heterocycles. The summed E-state index contributed by atoms with van der Waals surface area (Å²) in [6, 6.07) is 13.5. The summed E-state index contributed by atoms with van der Waals surface area (Å²) in [5, 5.41) is 23.5. The molecule has 4 aliphatic rings. The quantitative estimate of drug-likeness (QED) is 0.251. The molecule has 2 N–H and O–H groups in total. The number of hydrogen-bond acceptors (Lipinski definition) is 7. The predicted molar refractivity (Wildman–Crippen MR) is 177 cm³/mol. The number of aliphatic hydroxyl groups excluding tert-OH is 1. The molecule has 0 spiro atoms. The van der Waals surface area contributed by atoms with Crippen LogP contribution in [0.25, 0.3) is 0 Å². The van der Waals surface area contributed by atoms with Crippen LogP contribution in [0.1, 0.15) is 100 Å². The lowest BCUT2D eigenvalue weighted by atomic mass is 9.64. The molecular formula is C37H46N2O5S. The second-order valence-corrected chi connectivity index (χ2v) is 15.0. The van der Waals surface area contributed by atoms with Crippen molar-refractivity contribution in [2.75, 3.05) is 32.7 Å². The number of furan rings is 1. The number of allylic oxidation sites excluding steroid dienone is 2. The van der Waals surface area contributed by atoms with Crippen molar-refractivity contribution in [2.45, 2.75) is 83.3 Å². The number of hydrogen-bond donors (Lipinski definition) is 2. The number of nitrogens with zero attached hydrogens (tertiary/aromatic N) is 2. The highest BCUT2D eigenvalue weighted by molar-refractivity contribution is 7.14. The van der Waals surface area contributed by atoms with Gasteiger partial charge in [-0.3, -0.25) is 14.5 Å². The van der Waals surface area contributed by atoms with Crippen LogP contribution in [-0.2, 0) is 6.42 Å². The predicted octanol–water partition coefficient (Wildman–Crippen LogP) is 6.38. The summed E-state index contributed by atoms with van der Waals surface area (Å²) in [6.45, 7) is 9.47. The highest BCUT2D eigenvalue weighted by atomic mass is 32.1. The van der Waals surface area contributed by atoms with E-state index in [1.54, 1.807) is 12.1 Å². The molecule has 7 rings (SSSR count). The Balaban J connectivity index is 1.31. The Morgan fingerprint density at radius 1 is 1.04 bits per heavy atom. The Kier molecular flexibility index (Phi) is 9.21. The molecule has 2 bridgehead atoms. The summed E-state index contributed by atoms with van der Waals surface area (Å²) in [5.74, 6) is 0.297. The molecule has 3 heterocycles. The van der Waals surface area contributed by atoms with Crippen LogP contribution in [0.15, 0.2) is 64.8 Å². The van der Waals surface area contributed by atoms with Gasteiger partial charge in [0.15, 0.2) is 5.76 Å². The molecule has 8 heteroatoms. The first-order valence-electron chi connectivity index (χ1n) is 16.4. The van der Waals surface area contributed by atoms with E-state index in [4.69, 9.17) is 4.42 Å². The van der Waals surface area contributed by atoms with Crippen molar-refractivity contribution in [2.24, 2.45) is 5.41 Å². The van der Waals surface area contributed by atoms with E-state index in [9.17, 15) is 19.8 Å². The number of ketones is 1. The van der Waals surface area contributed by atoms with E-state index < -0.39 is 17.1 Å². The summed E-state index contributed by atoms with van der Waals surface area (Å²) < 4.78 is 5.34. The fraction of sp³-hybridized carbons (Fsp3) is 0.514. The summed E-state index contributed by atoms with van der Waals surface area (Å²) >= 11 is 1.52. The van der Waals surface area contributed by atoms with Gasteiger partial charge in [0.1, 0.15) is 0 Å². The number of rotatable bonds is 5. The first kappa shape index (κ1) is 31.9. The Hall–Kier alpha value is -3.04. The molecule has 2 fully saturated rings. The molecule has 3 aromatic rings. The minimum absolute atomic E-state index is 0.0000475. The van der Waals surface area contributed by atoms with Gasteiger partial charge >= 0.3 is 0 Å². The molecule has 1 saturated heterocycles. The van der Waals surface area contributed by atoms with Crippen molar-refractivity contribution in [1.29, 1.82) is 0 Å². The van der Waals surface area contributed by atoms with Gasteiger partial charge in [-0.05, 0) is 106 Å². The zero-order chi connectivity index (χ0) is 31.8. The van der Waals surface area contributed by atoms with Crippen LogP contribution in [0, 0.1) is 12.3 Å². The van der Waals surface area contributed by atoms with Crippen LogP contribution in [0.4, 0.5) is 0 Å². The first-order valence-corrected chi connectivity index (χ1v) is 17.2. The summed E-state index contributed by atoms with van der Waals surface area (Å²) in [5.41, 5.74) is 2.51. The maximum atomic E-state index is 14.1. The standard InChI is InChI=1S/C37H46N2O5S/c1-25-6-4-15-36(3)31(14-16-37(36,43)24-38-17-19-39(20-18-38)35(42)32-7-5-21-44-32)29-12-10-27(22-28(40)11-8-25)23-30(29)34(41)33-13-9-26(2)45-33/h5-7,9-10,12-13,21,23,28,31,40,43H,4,8,11,14-20,22,24H2,1-3H3/t28-,31-,36-,37+/m0/s1. The second-order valence-electron chi connectivity index (χ2n) is 13.7. The summed E-state index contributed by atoms with van der Waals surface area (Å²) in [7, 11) is 0. The number of amides is 1. The van der Waals surface area contributed by atoms with Gasteiger partial charge in [-0.25, -0.2) is 0 Å². The molecule has 1 aromatic carbocycles. The van der Waals surface area contributed by atoms with E-state index in [-0.39, 0.29) is 17.6 Å². The Labute approximate surface area is 270 Å². The number of fused-ring (bicyclic) bond motifs is 8. The highest BCUT2D eigenvalue weighted by Gasteiger charge is 2.57. The average molecular weight is 631 g/mol. The first-order chi connectivity index (χ1) is 21.6. The van der Waals surface area contributed by atoms with Gasteiger partial charge in [-0.1, -0.05) is 30.7 Å². The van der Waals surface area contributed by atoms with E-state index in [1.165, 1.54) is 23.2 Å². The molecule has 45 heavy (non-hydrogen) atoms. The lowest BCUT2D eigenvalue weighted by Gasteiger charge is -2.47. The van der Waals surface area contributed by atoms with Gasteiger partial charge in [0.2, 0.25) is 5.78 Å². The van der Waals surface area contributed by atoms with Gasteiger partial charge in [0.25, 0.3) is 5.91 Å². The molecular weight excluding hydrogens is 584 g/mol. The number of piperazine rings is 1. The van der Waals surface area contributed by atoms with Gasteiger partial charge in [-0.15, -0.1) is 11.3 Å². The monoisotopic (exact) mass is 630 g/mol. The molecule has 4 atom stereocenters. The maximum absolute atomic E-state index is 14.1. The summed E-state index contributed by atoms with van der Waals surface area (Å²) in [4.78, 5) is 32.9. The molecule has 1 amide bonds. The molecule has 0 radical (unpaired) electrons. The van der Waals surface area contributed by atoms with E-state index in [0.717, 1.165) is 46.6 Å². The smallest absolute Gasteiger partial charge is 0.289 e. The average Bonchev–Trinajstić information content (AvgIpc) is 3.77. The SMILES string of the molecule is CC1=CCC[C@@]2(C)[C@@H](CC[C@@]2(O)CN2CCN(C(=O)c3ccco3)CC2)c2ccc(cc2C(=O)c2ccc(C)s2)C[C@@H](O)CC1. The van der Waals surface area contributed by atoms with Crippen LogP contribution >= 0.6 is 11.3 Å². The Morgan fingerprint density at radius 3 is 2.56 bits per heavy atom. The van der Waals surface area contributed by atoms with Crippen LogP contribution in [-0.4, -0.2) is 76.1 Å². The number of β-amino-alcohol motifs (C(OH)–C–C–N with tert-alkyl or cyclic N) is 1. The number of thiophene rings is 1. The van der Waals surface area contributed by atoms with Crippen molar-refractivity contribution in [1.82, 2.24) is 9.80 Å². The van der Waals surface area contributed by atoms with Gasteiger partial charge < -0.3 is 19.5 Å². The number of carbonyl (C=O) groups excluding carboxylic acids is 2. The topological polar surface area (TPSA) is 94.2 Å². The largest absolute Gasteiger partial charge is 0.459 e. The van der Waals surface area contributed by atoms with Crippen LogP contribution in [0.2, 0.25) is 0 Å². The number of aryl methyl sites for hydroxylation is 1. The molecule has 0 unspecified atom stereocenters. The van der Waals surface area contributed by atoms with Crippen LogP contribution in [0.5, 0.6) is 0 Å². The van der Waals surface area contributed by atoms with Gasteiger partial charge in [-0.2, -0.15) is 0 Å². The Bertz CT molecular complexity index is 1550. The lowest BCUT2D eigenvalue weighted by molar-refractivity contribution is -0.0876. The van der Waals surface area contributed by atoms with Crippen molar-refractivity contribution in [3.8, 4) is 0 Å². The van der Waals surface area contributed by atoms with Crippen molar-refractivity contribution in [3.05, 3.63) is 92.6 Å². The third kappa shape index (κ3) is 6.48. The molecule has 7 nitrogen and oxygen atoms in total. The Morgan fingerprint density at radius 2 is 1.84 bits per heavy atom. The number of aliphatic hydroxyl groups is 2. The number of carbonyl (C=O) groups is 2. The van der Waals surface area contributed by atoms with Crippen molar-refractivity contribution >= 4 is 23.0 Å². The van der Waals surface area contributed by atoms with E-state index in [1.807, 2.05) is 30.0 Å². The third-order valence-electron chi connectivity index (χ3n) is 10.8. The summed E-state index contributed by atoms with van der Waals surface area (Å²) in [6.07, 6.45) is 8.40. The zero-order valence-electron chi connectivity index (χ0n) is 26.8. The highest BCUT2D eigenvalue weighted by Crippen LogP contribution is 2.59. The van der Waals surface area contributed by atoms with Crippen molar-refractivity contribution < 1.29 is 24.2 Å². The third-order valence-corrected chi connectivity index (χ3v) is 11.8. The molecule has 240 valence electrons. The second kappa shape index (κ2) is 13.0. The minimum Gasteiger partial charge on any atom is -0.459 e. The van der Waals surface area contributed by atoms with E-state index >= 15 is 0 Å².